The van der Waals surface area contributed by atoms with Crippen LogP contribution in [0.2, 0.25) is 5.15 Å². The standard InChI is InChI=1S/C13H15ClN4/c1-9-8-18(7-6-15-9)13-11-5-3-2-4-10(11)12(14)16-17-13/h2-5,9,15H,6-8H2,1H3. The second kappa shape index (κ2) is 4.71. The normalized spacial score (nSPS) is 20.3. The molecule has 0 saturated carbocycles. The summed E-state index contributed by atoms with van der Waals surface area (Å²) in [7, 11) is 0. The maximum Gasteiger partial charge on any atom is 0.159 e. The van der Waals surface area contributed by atoms with E-state index < -0.39 is 0 Å². The van der Waals surface area contributed by atoms with Gasteiger partial charge in [0.15, 0.2) is 11.0 Å². The molecule has 1 aliphatic rings. The Labute approximate surface area is 111 Å². The highest BCUT2D eigenvalue weighted by molar-refractivity contribution is 6.34. The fourth-order valence-electron chi connectivity index (χ4n) is 2.42. The van der Waals surface area contributed by atoms with Crippen molar-refractivity contribution in [1.82, 2.24) is 15.5 Å². The van der Waals surface area contributed by atoms with Gasteiger partial charge < -0.3 is 10.2 Å². The zero-order chi connectivity index (χ0) is 12.5. The first-order valence-electron chi connectivity index (χ1n) is 6.15. The van der Waals surface area contributed by atoms with Gasteiger partial charge in [-0.05, 0) is 6.92 Å². The highest BCUT2D eigenvalue weighted by Crippen LogP contribution is 2.28. The van der Waals surface area contributed by atoms with Crippen molar-refractivity contribution in [3.63, 3.8) is 0 Å². The fourth-order valence-corrected chi connectivity index (χ4v) is 2.62. The molecule has 5 heteroatoms. The van der Waals surface area contributed by atoms with Crippen LogP contribution < -0.4 is 10.2 Å². The van der Waals surface area contributed by atoms with Crippen molar-refractivity contribution in [3.8, 4) is 0 Å². The Morgan fingerprint density at radius 1 is 1.28 bits per heavy atom. The summed E-state index contributed by atoms with van der Waals surface area (Å²) in [6, 6.07) is 8.49. The van der Waals surface area contributed by atoms with Gasteiger partial charge in [-0.1, -0.05) is 35.9 Å². The third-order valence-electron chi connectivity index (χ3n) is 3.29. The number of benzene rings is 1. The second-order valence-electron chi connectivity index (χ2n) is 4.66. The van der Waals surface area contributed by atoms with E-state index in [4.69, 9.17) is 11.6 Å². The van der Waals surface area contributed by atoms with Crippen LogP contribution in [0.3, 0.4) is 0 Å². The minimum Gasteiger partial charge on any atom is -0.352 e. The largest absolute Gasteiger partial charge is 0.352 e. The molecule has 0 radical (unpaired) electrons. The Hall–Kier alpha value is -1.39. The van der Waals surface area contributed by atoms with Crippen LogP contribution in [-0.4, -0.2) is 35.9 Å². The topological polar surface area (TPSA) is 41.1 Å². The summed E-state index contributed by atoms with van der Waals surface area (Å²) in [6.07, 6.45) is 0. The molecule has 1 aromatic heterocycles. The SMILES string of the molecule is CC1CN(c2nnc(Cl)c3ccccc23)CCN1. The number of hydrogen-bond donors (Lipinski definition) is 1. The van der Waals surface area contributed by atoms with Gasteiger partial charge in [0.2, 0.25) is 0 Å². The van der Waals surface area contributed by atoms with Crippen LogP contribution in [0.15, 0.2) is 24.3 Å². The van der Waals surface area contributed by atoms with E-state index in [0.717, 1.165) is 36.2 Å². The van der Waals surface area contributed by atoms with E-state index in [0.29, 0.717) is 11.2 Å². The predicted molar refractivity (Wildman–Crippen MR) is 74.2 cm³/mol. The molecule has 94 valence electrons. The zero-order valence-electron chi connectivity index (χ0n) is 10.2. The average Bonchev–Trinajstić information content (AvgIpc) is 2.39. The van der Waals surface area contributed by atoms with E-state index in [2.05, 4.69) is 33.4 Å². The quantitative estimate of drug-likeness (QED) is 0.854. The van der Waals surface area contributed by atoms with Gasteiger partial charge in [-0.3, -0.25) is 0 Å². The van der Waals surface area contributed by atoms with E-state index in [1.54, 1.807) is 0 Å². The predicted octanol–water partition coefficient (Wildman–Crippen LogP) is 2.08. The Bertz CT molecular complexity index is 572. The van der Waals surface area contributed by atoms with E-state index in [1.807, 2.05) is 18.2 Å². The first-order valence-corrected chi connectivity index (χ1v) is 6.53. The van der Waals surface area contributed by atoms with Gasteiger partial charge >= 0.3 is 0 Å². The van der Waals surface area contributed by atoms with Gasteiger partial charge in [-0.15, -0.1) is 10.2 Å². The van der Waals surface area contributed by atoms with Crippen molar-refractivity contribution in [1.29, 1.82) is 0 Å². The van der Waals surface area contributed by atoms with Crippen LogP contribution in [0, 0.1) is 0 Å². The number of nitrogens with one attached hydrogen (secondary N) is 1. The van der Waals surface area contributed by atoms with Crippen molar-refractivity contribution in [2.75, 3.05) is 24.5 Å². The summed E-state index contributed by atoms with van der Waals surface area (Å²) in [4.78, 5) is 2.27. The van der Waals surface area contributed by atoms with Gasteiger partial charge in [0, 0.05) is 36.4 Å². The molecule has 18 heavy (non-hydrogen) atoms. The number of fused-ring (bicyclic) bond motifs is 1. The monoisotopic (exact) mass is 262 g/mol. The van der Waals surface area contributed by atoms with Crippen LogP contribution in [-0.2, 0) is 0 Å². The lowest BCUT2D eigenvalue weighted by Crippen LogP contribution is -2.49. The number of rotatable bonds is 1. The summed E-state index contributed by atoms with van der Waals surface area (Å²) in [6.45, 7) is 5.04. The van der Waals surface area contributed by atoms with E-state index in [9.17, 15) is 0 Å². The zero-order valence-corrected chi connectivity index (χ0v) is 11.0. The van der Waals surface area contributed by atoms with Crippen LogP contribution in [0.4, 0.5) is 5.82 Å². The van der Waals surface area contributed by atoms with Crippen LogP contribution in [0.25, 0.3) is 10.8 Å². The third-order valence-corrected chi connectivity index (χ3v) is 3.57. The summed E-state index contributed by atoms with van der Waals surface area (Å²) < 4.78 is 0. The Morgan fingerprint density at radius 3 is 2.83 bits per heavy atom. The number of hydrogen-bond acceptors (Lipinski definition) is 4. The van der Waals surface area contributed by atoms with Crippen molar-refractivity contribution in [3.05, 3.63) is 29.4 Å². The molecule has 1 N–H and O–H groups in total. The van der Waals surface area contributed by atoms with E-state index in [-0.39, 0.29) is 0 Å². The lowest BCUT2D eigenvalue weighted by atomic mass is 10.1. The van der Waals surface area contributed by atoms with Crippen molar-refractivity contribution >= 4 is 28.2 Å². The lowest BCUT2D eigenvalue weighted by molar-refractivity contribution is 0.482. The Balaban J connectivity index is 2.09. The molecule has 4 nitrogen and oxygen atoms in total. The smallest absolute Gasteiger partial charge is 0.159 e. The number of anilines is 1. The molecule has 0 bridgehead atoms. The molecule has 1 aliphatic heterocycles. The number of piperazine rings is 1. The number of nitrogens with zero attached hydrogens (tertiary/aromatic N) is 3. The Kier molecular flexibility index (Phi) is 3.06. The number of halogens is 1. The highest BCUT2D eigenvalue weighted by Gasteiger charge is 2.19. The first-order chi connectivity index (χ1) is 8.75. The van der Waals surface area contributed by atoms with Gasteiger partial charge in [0.05, 0.1) is 0 Å². The molecule has 3 rings (SSSR count). The molecular weight excluding hydrogens is 248 g/mol. The van der Waals surface area contributed by atoms with Gasteiger partial charge in [0.1, 0.15) is 0 Å². The molecule has 1 atom stereocenters. The molecule has 1 saturated heterocycles. The second-order valence-corrected chi connectivity index (χ2v) is 5.02. The van der Waals surface area contributed by atoms with Gasteiger partial charge in [0.25, 0.3) is 0 Å². The minimum absolute atomic E-state index is 0.468. The maximum absolute atomic E-state index is 6.09. The molecule has 0 amide bonds. The molecule has 1 unspecified atom stereocenters. The minimum atomic E-state index is 0.468. The molecule has 0 aliphatic carbocycles. The van der Waals surface area contributed by atoms with Crippen LogP contribution in [0.5, 0.6) is 0 Å². The van der Waals surface area contributed by atoms with Crippen molar-refractivity contribution < 1.29 is 0 Å². The maximum atomic E-state index is 6.09. The van der Waals surface area contributed by atoms with Gasteiger partial charge in [-0.25, -0.2) is 0 Å². The van der Waals surface area contributed by atoms with Crippen LogP contribution in [0.1, 0.15) is 6.92 Å². The third kappa shape index (κ3) is 2.02. The molecule has 1 aromatic carbocycles. The Morgan fingerprint density at radius 2 is 2.06 bits per heavy atom. The summed E-state index contributed by atoms with van der Waals surface area (Å²) in [5.74, 6) is 0.934. The fraction of sp³-hybridized carbons (Fsp3) is 0.385. The average molecular weight is 263 g/mol. The highest BCUT2D eigenvalue weighted by atomic mass is 35.5. The van der Waals surface area contributed by atoms with E-state index >= 15 is 0 Å². The van der Waals surface area contributed by atoms with Gasteiger partial charge in [-0.2, -0.15) is 0 Å². The molecule has 2 heterocycles. The summed E-state index contributed by atoms with van der Waals surface area (Å²) in [5.41, 5.74) is 0. The van der Waals surface area contributed by atoms with Crippen LogP contribution >= 0.6 is 11.6 Å². The van der Waals surface area contributed by atoms with E-state index in [1.165, 1.54) is 0 Å². The number of aromatic nitrogens is 2. The lowest BCUT2D eigenvalue weighted by Gasteiger charge is -2.33. The molecule has 1 fully saturated rings. The van der Waals surface area contributed by atoms with Crippen molar-refractivity contribution in [2.24, 2.45) is 0 Å². The molecule has 0 spiro atoms. The molecule has 2 aromatic rings. The first kappa shape index (κ1) is 11.7. The summed E-state index contributed by atoms with van der Waals surface area (Å²) >= 11 is 6.09. The van der Waals surface area contributed by atoms with Crippen molar-refractivity contribution in [2.45, 2.75) is 13.0 Å². The summed E-state index contributed by atoms with van der Waals surface area (Å²) in [5, 5.41) is 14.3. The molecular formula is C13H15ClN4.